The summed E-state index contributed by atoms with van der Waals surface area (Å²) in [6.45, 7) is 8.13. The second-order valence-electron chi connectivity index (χ2n) is 5.91. The SMILES string of the molecule is CC1(C)OB(c2cc(Cl)cc3[nH]ncc23)OC1(C)C. The van der Waals surface area contributed by atoms with Gasteiger partial charge in [0, 0.05) is 10.4 Å². The Morgan fingerprint density at radius 3 is 2.42 bits per heavy atom. The number of hydrogen-bond acceptors (Lipinski definition) is 3. The van der Waals surface area contributed by atoms with Gasteiger partial charge >= 0.3 is 7.12 Å². The lowest BCUT2D eigenvalue weighted by Gasteiger charge is -2.32. The van der Waals surface area contributed by atoms with Gasteiger partial charge in [0.15, 0.2) is 0 Å². The zero-order valence-corrected chi connectivity index (χ0v) is 12.2. The molecule has 0 aliphatic carbocycles. The van der Waals surface area contributed by atoms with Crippen LogP contribution in [0.25, 0.3) is 10.9 Å². The number of aromatic amines is 1. The number of fused-ring (bicyclic) bond motifs is 1. The number of aromatic nitrogens is 2. The Labute approximate surface area is 117 Å². The van der Waals surface area contributed by atoms with Gasteiger partial charge in [-0.15, -0.1) is 0 Å². The van der Waals surface area contributed by atoms with Crippen LogP contribution >= 0.6 is 11.6 Å². The molecule has 1 aliphatic rings. The van der Waals surface area contributed by atoms with Crippen molar-refractivity contribution < 1.29 is 9.31 Å². The Hall–Kier alpha value is -1.04. The molecule has 1 aliphatic heterocycles. The summed E-state index contributed by atoms with van der Waals surface area (Å²) < 4.78 is 12.1. The largest absolute Gasteiger partial charge is 0.495 e. The maximum atomic E-state index is 6.14. The molecule has 6 heteroatoms. The van der Waals surface area contributed by atoms with Crippen LogP contribution in [0.15, 0.2) is 18.3 Å². The van der Waals surface area contributed by atoms with Gasteiger partial charge in [0.05, 0.1) is 22.9 Å². The van der Waals surface area contributed by atoms with Crippen molar-refractivity contribution in [1.82, 2.24) is 10.2 Å². The molecule has 0 radical (unpaired) electrons. The topological polar surface area (TPSA) is 47.1 Å². The smallest absolute Gasteiger partial charge is 0.399 e. The highest BCUT2D eigenvalue weighted by atomic mass is 35.5. The zero-order valence-electron chi connectivity index (χ0n) is 11.5. The summed E-state index contributed by atoms with van der Waals surface area (Å²) in [5.74, 6) is 0. The van der Waals surface area contributed by atoms with Gasteiger partial charge in [-0.2, -0.15) is 5.10 Å². The molecule has 2 aromatic rings. The molecule has 1 aromatic carbocycles. The number of H-pyrrole nitrogens is 1. The summed E-state index contributed by atoms with van der Waals surface area (Å²) in [6.07, 6.45) is 1.77. The number of benzene rings is 1. The maximum absolute atomic E-state index is 6.14. The van der Waals surface area contributed by atoms with Gasteiger partial charge in [-0.1, -0.05) is 11.6 Å². The van der Waals surface area contributed by atoms with Crippen LogP contribution in [0.5, 0.6) is 0 Å². The second kappa shape index (κ2) is 3.98. The van der Waals surface area contributed by atoms with Crippen molar-refractivity contribution in [1.29, 1.82) is 0 Å². The molecule has 0 spiro atoms. The molecule has 100 valence electrons. The van der Waals surface area contributed by atoms with Crippen LogP contribution in [-0.4, -0.2) is 28.5 Å². The standard InChI is InChI=1S/C13H16BClN2O2/c1-12(2)13(3,4)19-14(18-12)10-5-8(15)6-11-9(10)7-16-17-11/h5-7H,1-4H3,(H,16,17). The molecule has 3 rings (SSSR count). The van der Waals surface area contributed by atoms with Crippen LogP contribution in [0.2, 0.25) is 5.02 Å². The minimum absolute atomic E-state index is 0.365. The Kier molecular flexibility index (Phi) is 2.72. The van der Waals surface area contributed by atoms with E-state index in [4.69, 9.17) is 20.9 Å². The molecule has 0 bridgehead atoms. The average molecular weight is 279 g/mol. The molecular weight excluding hydrogens is 262 g/mol. The van der Waals surface area contributed by atoms with Crippen molar-refractivity contribution in [2.24, 2.45) is 0 Å². The van der Waals surface area contributed by atoms with Gasteiger partial charge in [0.25, 0.3) is 0 Å². The van der Waals surface area contributed by atoms with Crippen molar-refractivity contribution in [2.75, 3.05) is 0 Å². The number of nitrogens with one attached hydrogen (secondary N) is 1. The second-order valence-corrected chi connectivity index (χ2v) is 6.35. The van der Waals surface area contributed by atoms with Crippen LogP contribution in [-0.2, 0) is 9.31 Å². The molecule has 2 heterocycles. The van der Waals surface area contributed by atoms with E-state index in [-0.39, 0.29) is 11.2 Å². The van der Waals surface area contributed by atoms with Crippen LogP contribution in [0.3, 0.4) is 0 Å². The number of nitrogens with zero attached hydrogens (tertiary/aromatic N) is 1. The third-order valence-electron chi connectivity index (χ3n) is 4.06. The first kappa shape index (κ1) is 13.0. The van der Waals surface area contributed by atoms with Gasteiger partial charge in [-0.3, -0.25) is 5.10 Å². The van der Waals surface area contributed by atoms with Gasteiger partial charge in [0.1, 0.15) is 0 Å². The van der Waals surface area contributed by atoms with Gasteiger partial charge in [-0.05, 0) is 45.3 Å². The van der Waals surface area contributed by atoms with E-state index >= 15 is 0 Å². The summed E-state index contributed by atoms with van der Waals surface area (Å²) in [5.41, 5.74) is 1.07. The highest BCUT2D eigenvalue weighted by Crippen LogP contribution is 2.37. The van der Waals surface area contributed by atoms with Gasteiger partial charge in [0.2, 0.25) is 0 Å². The number of halogens is 1. The molecule has 1 aromatic heterocycles. The molecule has 0 atom stereocenters. The Balaban J connectivity index is 2.09. The average Bonchev–Trinajstić information content (AvgIpc) is 2.80. The Morgan fingerprint density at radius 2 is 1.79 bits per heavy atom. The van der Waals surface area contributed by atoms with Crippen molar-refractivity contribution in [3.8, 4) is 0 Å². The van der Waals surface area contributed by atoms with Crippen molar-refractivity contribution in [2.45, 2.75) is 38.9 Å². The molecule has 0 unspecified atom stereocenters. The van der Waals surface area contributed by atoms with E-state index in [1.807, 2.05) is 39.8 Å². The lowest BCUT2D eigenvalue weighted by Crippen LogP contribution is -2.41. The Morgan fingerprint density at radius 1 is 1.16 bits per heavy atom. The van der Waals surface area contributed by atoms with Crippen LogP contribution < -0.4 is 5.46 Å². The minimum atomic E-state index is -0.427. The molecule has 1 saturated heterocycles. The highest BCUT2D eigenvalue weighted by Gasteiger charge is 2.52. The van der Waals surface area contributed by atoms with E-state index < -0.39 is 7.12 Å². The van der Waals surface area contributed by atoms with Gasteiger partial charge in [-0.25, -0.2) is 0 Å². The summed E-state index contributed by atoms with van der Waals surface area (Å²) in [6, 6.07) is 3.72. The van der Waals surface area contributed by atoms with Crippen molar-refractivity contribution >= 4 is 35.1 Å². The fourth-order valence-corrected chi connectivity index (χ4v) is 2.43. The molecule has 19 heavy (non-hydrogen) atoms. The van der Waals surface area contributed by atoms with E-state index in [1.165, 1.54) is 0 Å². The van der Waals surface area contributed by atoms with E-state index in [1.54, 1.807) is 6.20 Å². The lowest BCUT2D eigenvalue weighted by atomic mass is 9.77. The minimum Gasteiger partial charge on any atom is -0.399 e. The molecule has 1 N–H and O–H groups in total. The molecule has 4 nitrogen and oxygen atoms in total. The van der Waals surface area contributed by atoms with Crippen molar-refractivity contribution in [3.63, 3.8) is 0 Å². The molecular formula is C13H16BClN2O2. The maximum Gasteiger partial charge on any atom is 0.495 e. The predicted octanol–water partition coefficient (Wildman–Crippen LogP) is 2.52. The van der Waals surface area contributed by atoms with E-state index in [0.717, 1.165) is 16.4 Å². The quantitative estimate of drug-likeness (QED) is 0.815. The summed E-state index contributed by atoms with van der Waals surface area (Å²) >= 11 is 6.14. The van der Waals surface area contributed by atoms with E-state index in [0.29, 0.717) is 5.02 Å². The van der Waals surface area contributed by atoms with E-state index in [9.17, 15) is 0 Å². The predicted molar refractivity (Wildman–Crippen MR) is 76.8 cm³/mol. The zero-order chi connectivity index (χ0) is 13.8. The first-order chi connectivity index (χ1) is 8.80. The van der Waals surface area contributed by atoms with Gasteiger partial charge < -0.3 is 9.31 Å². The van der Waals surface area contributed by atoms with E-state index in [2.05, 4.69) is 10.2 Å². The molecule has 0 amide bonds. The first-order valence-electron chi connectivity index (χ1n) is 6.28. The fraction of sp³-hybridized carbons (Fsp3) is 0.462. The normalized spacial score (nSPS) is 21.2. The monoisotopic (exact) mass is 278 g/mol. The summed E-state index contributed by atoms with van der Waals surface area (Å²) in [4.78, 5) is 0. The summed E-state index contributed by atoms with van der Waals surface area (Å²) in [7, 11) is -0.427. The molecule has 0 saturated carbocycles. The number of hydrogen-bond donors (Lipinski definition) is 1. The third kappa shape index (κ3) is 1.97. The first-order valence-corrected chi connectivity index (χ1v) is 6.66. The number of rotatable bonds is 1. The Bertz CT molecular complexity index is 623. The fourth-order valence-electron chi connectivity index (χ4n) is 2.21. The highest BCUT2D eigenvalue weighted by molar-refractivity contribution is 6.65. The lowest BCUT2D eigenvalue weighted by molar-refractivity contribution is 0.00578. The molecule has 1 fully saturated rings. The van der Waals surface area contributed by atoms with Crippen molar-refractivity contribution in [3.05, 3.63) is 23.4 Å². The van der Waals surface area contributed by atoms with Crippen LogP contribution in [0.1, 0.15) is 27.7 Å². The summed E-state index contributed by atoms with van der Waals surface area (Å²) in [5, 5.41) is 8.59. The third-order valence-corrected chi connectivity index (χ3v) is 4.28. The van der Waals surface area contributed by atoms with Crippen LogP contribution in [0.4, 0.5) is 0 Å². The van der Waals surface area contributed by atoms with Crippen LogP contribution in [0, 0.1) is 0 Å².